The molecule has 4 N–H and O–H groups in total. The molecule has 1 aliphatic carbocycles. The maximum atomic E-state index is 13.4. The Morgan fingerprint density at radius 1 is 1.32 bits per heavy atom. The van der Waals surface area contributed by atoms with E-state index in [1.807, 2.05) is 36.2 Å². The number of rotatable bonds is 11. The minimum absolute atomic E-state index is 0.0100. The number of hydrogen-bond donors (Lipinski definition) is 3. The molecule has 1 aliphatic heterocycles. The van der Waals surface area contributed by atoms with Gasteiger partial charge in [0.25, 0.3) is 0 Å². The van der Waals surface area contributed by atoms with Gasteiger partial charge in [-0.2, -0.15) is 5.26 Å². The van der Waals surface area contributed by atoms with Gasteiger partial charge in [-0.15, -0.1) is 4.99 Å². The molecule has 2 aliphatic rings. The SMILES string of the molecule is CNC[C@H](CC1CCCCC1)NC(=O)N1CCC[C@@H](C(OCCN(C)C(N)=NC#N)c2cccc(Cl)c2)C1. The highest BCUT2D eigenvalue weighted by Crippen LogP contribution is 2.34. The van der Waals surface area contributed by atoms with Gasteiger partial charge < -0.3 is 30.9 Å². The van der Waals surface area contributed by atoms with Crippen molar-refractivity contribution >= 4 is 23.6 Å². The van der Waals surface area contributed by atoms with E-state index in [0.29, 0.717) is 30.6 Å². The molecule has 1 unspecified atom stereocenters. The number of nitrogens with two attached hydrogens (primary N) is 1. The van der Waals surface area contributed by atoms with Crippen LogP contribution in [0.2, 0.25) is 5.02 Å². The molecule has 1 heterocycles. The van der Waals surface area contributed by atoms with Crippen LogP contribution in [0.5, 0.6) is 0 Å². The number of nitrogens with one attached hydrogen (secondary N) is 2. The molecule has 1 aromatic carbocycles. The zero-order valence-corrected chi connectivity index (χ0v) is 23.6. The summed E-state index contributed by atoms with van der Waals surface area (Å²) in [7, 11) is 3.72. The fourth-order valence-electron chi connectivity index (χ4n) is 5.73. The molecule has 3 atom stereocenters. The molecule has 0 spiro atoms. The average Bonchev–Trinajstić information content (AvgIpc) is 2.92. The molecular formula is C28H44ClN7O2. The van der Waals surface area contributed by atoms with Gasteiger partial charge in [0.15, 0.2) is 0 Å². The molecule has 1 aromatic rings. The number of carbonyl (C=O) groups excluding carboxylic acids is 1. The normalized spacial score (nSPS) is 20.4. The molecule has 10 heteroatoms. The van der Waals surface area contributed by atoms with Crippen molar-refractivity contribution in [3.05, 3.63) is 34.9 Å². The molecule has 2 amide bonds. The predicted octanol–water partition coefficient (Wildman–Crippen LogP) is 4.11. The van der Waals surface area contributed by atoms with E-state index in [1.165, 1.54) is 32.1 Å². The molecule has 1 saturated heterocycles. The molecule has 0 bridgehead atoms. The molecule has 0 aromatic heterocycles. The first-order valence-corrected chi connectivity index (χ1v) is 14.3. The van der Waals surface area contributed by atoms with Crippen molar-refractivity contribution in [1.82, 2.24) is 20.4 Å². The lowest BCUT2D eigenvalue weighted by molar-refractivity contribution is -0.0129. The van der Waals surface area contributed by atoms with E-state index in [0.717, 1.165) is 37.9 Å². The van der Waals surface area contributed by atoms with Crippen molar-refractivity contribution in [3.63, 3.8) is 0 Å². The third-order valence-corrected chi connectivity index (χ3v) is 7.99. The monoisotopic (exact) mass is 545 g/mol. The number of likely N-dealkylation sites (N-methyl/N-ethyl adjacent to an activating group) is 2. The minimum Gasteiger partial charge on any atom is -0.371 e. The number of carbonyl (C=O) groups is 1. The molecule has 2 fully saturated rings. The van der Waals surface area contributed by atoms with Gasteiger partial charge in [-0.05, 0) is 49.9 Å². The first kappa shape index (κ1) is 30.0. The van der Waals surface area contributed by atoms with Crippen LogP contribution in [0.4, 0.5) is 4.79 Å². The summed E-state index contributed by atoms with van der Waals surface area (Å²) in [5, 5.41) is 16.0. The van der Waals surface area contributed by atoms with E-state index in [-0.39, 0.29) is 30.1 Å². The van der Waals surface area contributed by atoms with Crippen LogP contribution in [0.3, 0.4) is 0 Å². The topological polar surface area (TPSA) is 119 Å². The van der Waals surface area contributed by atoms with Crippen molar-refractivity contribution in [2.45, 2.75) is 63.5 Å². The van der Waals surface area contributed by atoms with Gasteiger partial charge in [0.05, 0.1) is 12.7 Å². The number of amides is 2. The zero-order chi connectivity index (χ0) is 27.3. The number of halogens is 1. The van der Waals surface area contributed by atoms with Crippen LogP contribution in [-0.2, 0) is 4.74 Å². The van der Waals surface area contributed by atoms with Gasteiger partial charge in [0.1, 0.15) is 0 Å². The van der Waals surface area contributed by atoms with E-state index in [2.05, 4.69) is 15.6 Å². The van der Waals surface area contributed by atoms with Crippen LogP contribution in [-0.4, -0.2) is 74.7 Å². The number of guanidine groups is 1. The second kappa shape index (κ2) is 15.8. The zero-order valence-electron chi connectivity index (χ0n) is 22.9. The highest BCUT2D eigenvalue weighted by Gasteiger charge is 2.32. The number of urea groups is 1. The summed E-state index contributed by atoms with van der Waals surface area (Å²) in [6.45, 7) is 3.01. The van der Waals surface area contributed by atoms with Crippen molar-refractivity contribution < 1.29 is 9.53 Å². The van der Waals surface area contributed by atoms with Crippen LogP contribution >= 0.6 is 11.6 Å². The Morgan fingerprint density at radius 2 is 2.11 bits per heavy atom. The fraction of sp³-hybridized carbons (Fsp3) is 0.679. The Hall–Kier alpha value is -2.54. The Bertz CT molecular complexity index is 947. The molecule has 3 rings (SSSR count). The lowest BCUT2D eigenvalue weighted by Gasteiger charge is -2.38. The summed E-state index contributed by atoms with van der Waals surface area (Å²) in [5.74, 6) is 0.979. The Balaban J connectivity index is 1.64. The van der Waals surface area contributed by atoms with E-state index < -0.39 is 0 Å². The first-order valence-electron chi connectivity index (χ1n) is 13.9. The number of ether oxygens (including phenoxy) is 1. The number of benzene rings is 1. The highest BCUT2D eigenvalue weighted by molar-refractivity contribution is 6.30. The summed E-state index contributed by atoms with van der Waals surface area (Å²) in [6, 6.07) is 7.89. The van der Waals surface area contributed by atoms with Crippen molar-refractivity contribution in [2.75, 3.05) is 46.9 Å². The average molecular weight is 546 g/mol. The standard InChI is InChI=1S/C28H44ClN7O2/c1-32-18-25(16-21-8-4-3-5-9-21)34-28(37)36-13-7-11-23(19-36)26(22-10-6-12-24(29)17-22)38-15-14-35(2)27(31)33-20-30/h6,10,12,17,21,23,25-26,32H,3-5,7-9,11,13-16,18-19H2,1-2H3,(H2,31,33)(H,34,37)/t23-,25+,26?/m1/s1. The number of piperidine rings is 1. The Kier molecular flexibility index (Phi) is 12.5. The number of hydrogen-bond acceptors (Lipinski definition) is 5. The summed E-state index contributed by atoms with van der Waals surface area (Å²) in [6.07, 6.45) is 10.9. The minimum atomic E-state index is -0.220. The van der Waals surface area contributed by atoms with Gasteiger partial charge in [-0.1, -0.05) is 55.8 Å². The summed E-state index contributed by atoms with van der Waals surface area (Å²) < 4.78 is 6.41. The van der Waals surface area contributed by atoms with E-state index in [1.54, 1.807) is 18.1 Å². The van der Waals surface area contributed by atoms with Crippen LogP contribution in [0.1, 0.15) is 63.0 Å². The molecule has 210 valence electrons. The van der Waals surface area contributed by atoms with E-state index in [9.17, 15) is 4.79 Å². The second-order valence-electron chi connectivity index (χ2n) is 10.6. The molecule has 1 saturated carbocycles. The van der Waals surface area contributed by atoms with Gasteiger partial charge >= 0.3 is 6.03 Å². The lowest BCUT2D eigenvalue weighted by atomic mass is 9.85. The third kappa shape index (κ3) is 9.33. The van der Waals surface area contributed by atoms with Crippen LogP contribution in [0.25, 0.3) is 0 Å². The van der Waals surface area contributed by atoms with Crippen molar-refractivity contribution in [1.29, 1.82) is 5.26 Å². The Labute approximate surface area is 232 Å². The fourth-order valence-corrected chi connectivity index (χ4v) is 5.93. The second-order valence-corrected chi connectivity index (χ2v) is 11.1. The molecular weight excluding hydrogens is 502 g/mol. The van der Waals surface area contributed by atoms with Gasteiger partial charge in [0.2, 0.25) is 12.2 Å². The number of nitriles is 1. The van der Waals surface area contributed by atoms with Crippen molar-refractivity contribution in [2.24, 2.45) is 22.6 Å². The molecule has 9 nitrogen and oxygen atoms in total. The van der Waals surface area contributed by atoms with Gasteiger partial charge in [-0.25, -0.2) is 4.79 Å². The number of nitrogens with zero attached hydrogens (tertiary/aromatic N) is 4. The highest BCUT2D eigenvalue weighted by atomic mass is 35.5. The quantitative estimate of drug-likeness (QED) is 0.219. The summed E-state index contributed by atoms with van der Waals surface area (Å²) in [5.41, 5.74) is 6.81. The largest absolute Gasteiger partial charge is 0.371 e. The molecule has 0 radical (unpaired) electrons. The number of aliphatic imine (C=N–C) groups is 1. The lowest BCUT2D eigenvalue weighted by Crippen LogP contribution is -2.52. The maximum absolute atomic E-state index is 13.4. The van der Waals surface area contributed by atoms with Crippen LogP contribution in [0, 0.1) is 23.3 Å². The number of likely N-dealkylation sites (tertiary alicyclic amines) is 1. The maximum Gasteiger partial charge on any atom is 0.317 e. The Morgan fingerprint density at radius 3 is 2.82 bits per heavy atom. The smallest absolute Gasteiger partial charge is 0.317 e. The van der Waals surface area contributed by atoms with Crippen LogP contribution in [0.15, 0.2) is 29.3 Å². The van der Waals surface area contributed by atoms with Crippen LogP contribution < -0.4 is 16.4 Å². The molecule has 38 heavy (non-hydrogen) atoms. The van der Waals surface area contributed by atoms with E-state index in [4.69, 9.17) is 27.3 Å². The first-order chi connectivity index (χ1) is 18.4. The third-order valence-electron chi connectivity index (χ3n) is 7.75. The summed E-state index contributed by atoms with van der Waals surface area (Å²) in [4.78, 5) is 20.6. The van der Waals surface area contributed by atoms with Crippen molar-refractivity contribution in [3.8, 4) is 6.19 Å². The van der Waals surface area contributed by atoms with Gasteiger partial charge in [0, 0.05) is 50.2 Å². The van der Waals surface area contributed by atoms with E-state index >= 15 is 0 Å². The van der Waals surface area contributed by atoms with Gasteiger partial charge in [-0.3, -0.25) is 0 Å². The summed E-state index contributed by atoms with van der Waals surface area (Å²) >= 11 is 6.33. The predicted molar refractivity (Wildman–Crippen MR) is 152 cm³/mol.